The molecule has 0 spiro atoms. The van der Waals surface area contributed by atoms with Crippen molar-refractivity contribution in [1.29, 1.82) is 0 Å². The number of benzene rings is 1. The predicted molar refractivity (Wildman–Crippen MR) is 84.5 cm³/mol. The molecule has 20 heavy (non-hydrogen) atoms. The van der Waals surface area contributed by atoms with Gasteiger partial charge in [-0.1, -0.05) is 33.4 Å². The Labute approximate surface area is 123 Å². The van der Waals surface area contributed by atoms with E-state index in [-0.39, 0.29) is 0 Å². The highest BCUT2D eigenvalue weighted by molar-refractivity contribution is 5.41. The molecule has 1 aromatic rings. The maximum Gasteiger partial charge on any atom is 0.127 e. The van der Waals surface area contributed by atoms with Gasteiger partial charge in [-0.3, -0.25) is 0 Å². The molecule has 0 aliphatic heterocycles. The van der Waals surface area contributed by atoms with Crippen LogP contribution < -0.4 is 14.8 Å². The van der Waals surface area contributed by atoms with Gasteiger partial charge in [0.25, 0.3) is 0 Å². The first-order valence-corrected chi connectivity index (χ1v) is 7.47. The molecule has 3 nitrogen and oxygen atoms in total. The standard InChI is InChI=1S/C17H27NO2/c1-5-10-19-16-9-8-15(12-18-7-3)17(11-16)20-13-14(4)6-2/h8-9,11,18H,4-7,10,12-13H2,1-3H3. The first-order valence-electron chi connectivity index (χ1n) is 7.47. The van der Waals surface area contributed by atoms with Gasteiger partial charge in [0.1, 0.15) is 18.1 Å². The van der Waals surface area contributed by atoms with E-state index in [2.05, 4.69) is 38.7 Å². The van der Waals surface area contributed by atoms with Crippen molar-refractivity contribution in [2.24, 2.45) is 0 Å². The van der Waals surface area contributed by atoms with Gasteiger partial charge in [-0.15, -0.1) is 0 Å². The molecule has 0 fully saturated rings. The van der Waals surface area contributed by atoms with Crippen LogP contribution in [0.5, 0.6) is 11.5 Å². The van der Waals surface area contributed by atoms with Gasteiger partial charge < -0.3 is 14.8 Å². The topological polar surface area (TPSA) is 30.5 Å². The van der Waals surface area contributed by atoms with Gasteiger partial charge in [0.15, 0.2) is 0 Å². The average molecular weight is 277 g/mol. The lowest BCUT2D eigenvalue weighted by molar-refractivity contribution is 0.309. The molecule has 0 atom stereocenters. The van der Waals surface area contributed by atoms with Crippen LogP contribution in [-0.2, 0) is 6.54 Å². The first kappa shape index (κ1) is 16.6. The molecule has 0 saturated heterocycles. The second-order valence-corrected chi connectivity index (χ2v) is 4.79. The second-order valence-electron chi connectivity index (χ2n) is 4.79. The van der Waals surface area contributed by atoms with Crippen LogP contribution >= 0.6 is 0 Å². The minimum atomic E-state index is 0.562. The normalized spacial score (nSPS) is 10.3. The molecule has 0 saturated carbocycles. The smallest absolute Gasteiger partial charge is 0.127 e. The van der Waals surface area contributed by atoms with Crippen LogP contribution in [0.25, 0.3) is 0 Å². The van der Waals surface area contributed by atoms with Gasteiger partial charge in [-0.2, -0.15) is 0 Å². The summed E-state index contributed by atoms with van der Waals surface area (Å²) in [7, 11) is 0. The third-order valence-corrected chi connectivity index (χ3v) is 3.01. The van der Waals surface area contributed by atoms with Crippen LogP contribution in [0.4, 0.5) is 0 Å². The van der Waals surface area contributed by atoms with Crippen molar-refractivity contribution in [3.8, 4) is 11.5 Å². The SMILES string of the molecule is C=C(CC)COc1cc(OCCC)ccc1CNCC. The molecule has 0 unspecified atom stereocenters. The zero-order valence-corrected chi connectivity index (χ0v) is 13.0. The molecule has 0 bridgehead atoms. The molecule has 112 valence electrons. The zero-order chi connectivity index (χ0) is 14.8. The third-order valence-electron chi connectivity index (χ3n) is 3.01. The number of ether oxygens (including phenoxy) is 2. The molecular formula is C17H27NO2. The Bertz CT molecular complexity index is 415. The van der Waals surface area contributed by atoms with Gasteiger partial charge in [-0.05, 0) is 31.0 Å². The molecule has 0 aromatic heterocycles. The third kappa shape index (κ3) is 5.66. The van der Waals surface area contributed by atoms with E-state index in [0.717, 1.165) is 55.2 Å². The fourth-order valence-corrected chi connectivity index (χ4v) is 1.67. The van der Waals surface area contributed by atoms with Crippen molar-refractivity contribution in [3.05, 3.63) is 35.9 Å². The molecule has 1 N–H and O–H groups in total. The Kier molecular flexibility index (Phi) is 7.81. The van der Waals surface area contributed by atoms with Crippen molar-refractivity contribution in [1.82, 2.24) is 5.32 Å². The van der Waals surface area contributed by atoms with E-state index in [9.17, 15) is 0 Å². The fourth-order valence-electron chi connectivity index (χ4n) is 1.67. The maximum atomic E-state index is 5.89. The van der Waals surface area contributed by atoms with Crippen LogP contribution in [0, 0.1) is 0 Å². The Morgan fingerprint density at radius 2 is 2.00 bits per heavy atom. The maximum absolute atomic E-state index is 5.89. The fraction of sp³-hybridized carbons (Fsp3) is 0.529. The van der Waals surface area contributed by atoms with Crippen molar-refractivity contribution in [2.45, 2.75) is 40.2 Å². The minimum absolute atomic E-state index is 0.562. The van der Waals surface area contributed by atoms with Gasteiger partial charge >= 0.3 is 0 Å². The van der Waals surface area contributed by atoms with E-state index in [1.165, 1.54) is 0 Å². The molecule has 1 rings (SSSR count). The second kappa shape index (κ2) is 9.43. The van der Waals surface area contributed by atoms with Crippen LogP contribution in [0.1, 0.15) is 39.2 Å². The summed E-state index contributed by atoms with van der Waals surface area (Å²) in [6, 6.07) is 6.05. The Balaban J connectivity index is 2.78. The number of hydrogen-bond donors (Lipinski definition) is 1. The van der Waals surface area contributed by atoms with Crippen LogP contribution in [0.3, 0.4) is 0 Å². The Morgan fingerprint density at radius 3 is 2.65 bits per heavy atom. The summed E-state index contributed by atoms with van der Waals surface area (Å²) in [6.45, 7) is 13.3. The molecule has 0 amide bonds. The van der Waals surface area contributed by atoms with Crippen LogP contribution in [0.15, 0.2) is 30.4 Å². The van der Waals surface area contributed by atoms with Crippen molar-refractivity contribution < 1.29 is 9.47 Å². The lowest BCUT2D eigenvalue weighted by Crippen LogP contribution is -2.13. The lowest BCUT2D eigenvalue weighted by Gasteiger charge is -2.14. The lowest BCUT2D eigenvalue weighted by atomic mass is 10.2. The summed E-state index contributed by atoms with van der Waals surface area (Å²) in [5, 5.41) is 3.33. The van der Waals surface area contributed by atoms with E-state index < -0.39 is 0 Å². The van der Waals surface area contributed by atoms with Crippen molar-refractivity contribution in [3.63, 3.8) is 0 Å². The summed E-state index contributed by atoms with van der Waals surface area (Å²) in [5.41, 5.74) is 2.25. The monoisotopic (exact) mass is 277 g/mol. The molecule has 0 aliphatic rings. The zero-order valence-electron chi connectivity index (χ0n) is 13.0. The van der Waals surface area contributed by atoms with E-state index in [1.54, 1.807) is 0 Å². The van der Waals surface area contributed by atoms with Crippen molar-refractivity contribution in [2.75, 3.05) is 19.8 Å². The van der Waals surface area contributed by atoms with E-state index >= 15 is 0 Å². The summed E-state index contributed by atoms with van der Waals surface area (Å²) in [5.74, 6) is 1.75. The van der Waals surface area contributed by atoms with Gasteiger partial charge in [-0.25, -0.2) is 0 Å². The number of rotatable bonds is 10. The van der Waals surface area contributed by atoms with Crippen LogP contribution in [-0.4, -0.2) is 19.8 Å². The van der Waals surface area contributed by atoms with Gasteiger partial charge in [0, 0.05) is 18.2 Å². The number of nitrogens with one attached hydrogen (secondary N) is 1. The molecule has 3 heteroatoms. The van der Waals surface area contributed by atoms with E-state index in [0.29, 0.717) is 6.61 Å². The van der Waals surface area contributed by atoms with E-state index in [4.69, 9.17) is 9.47 Å². The molecule has 0 aliphatic carbocycles. The highest BCUT2D eigenvalue weighted by atomic mass is 16.5. The summed E-state index contributed by atoms with van der Waals surface area (Å²) in [4.78, 5) is 0. The first-order chi connectivity index (χ1) is 9.71. The summed E-state index contributed by atoms with van der Waals surface area (Å²) < 4.78 is 11.6. The Hall–Kier alpha value is -1.48. The predicted octanol–water partition coefficient (Wildman–Crippen LogP) is 3.93. The van der Waals surface area contributed by atoms with Crippen molar-refractivity contribution >= 4 is 0 Å². The molecular weight excluding hydrogens is 250 g/mol. The minimum Gasteiger partial charge on any atom is -0.493 e. The highest BCUT2D eigenvalue weighted by Gasteiger charge is 2.06. The van der Waals surface area contributed by atoms with Crippen LogP contribution in [0.2, 0.25) is 0 Å². The average Bonchev–Trinajstić information content (AvgIpc) is 2.49. The highest BCUT2D eigenvalue weighted by Crippen LogP contribution is 2.25. The Morgan fingerprint density at radius 1 is 1.20 bits per heavy atom. The quantitative estimate of drug-likeness (QED) is 0.657. The van der Waals surface area contributed by atoms with E-state index in [1.807, 2.05) is 12.1 Å². The largest absolute Gasteiger partial charge is 0.493 e. The van der Waals surface area contributed by atoms with Gasteiger partial charge in [0.05, 0.1) is 6.61 Å². The molecule has 1 aromatic carbocycles. The summed E-state index contributed by atoms with van der Waals surface area (Å²) >= 11 is 0. The summed E-state index contributed by atoms with van der Waals surface area (Å²) in [6.07, 6.45) is 1.94. The molecule has 0 heterocycles. The van der Waals surface area contributed by atoms with Gasteiger partial charge in [0.2, 0.25) is 0 Å². The molecule has 0 radical (unpaired) electrons. The number of hydrogen-bond acceptors (Lipinski definition) is 3.